The van der Waals surface area contributed by atoms with Gasteiger partial charge in [-0.05, 0) is 12.1 Å². The lowest BCUT2D eigenvalue weighted by molar-refractivity contribution is -0.114. The second-order valence-corrected chi connectivity index (χ2v) is 7.33. The van der Waals surface area contributed by atoms with E-state index in [9.17, 15) is 13.2 Å². The first kappa shape index (κ1) is 15.4. The van der Waals surface area contributed by atoms with Crippen molar-refractivity contribution in [3.63, 3.8) is 0 Å². The Bertz CT molecular complexity index is 967. The molecule has 1 heterocycles. The van der Waals surface area contributed by atoms with Crippen molar-refractivity contribution in [2.24, 2.45) is 0 Å². The number of benzene rings is 2. The number of fused-ring (bicyclic) bond motifs is 1. The number of rotatable bonds is 4. The molecule has 1 aromatic heterocycles. The van der Waals surface area contributed by atoms with E-state index in [-0.39, 0.29) is 10.8 Å². The summed E-state index contributed by atoms with van der Waals surface area (Å²) in [5, 5.41) is 5.89. The molecule has 23 heavy (non-hydrogen) atoms. The summed E-state index contributed by atoms with van der Waals surface area (Å²) >= 11 is 1.20. The first-order chi connectivity index (χ1) is 11.0. The molecule has 0 unspecified atom stereocenters. The average molecular weight is 347 g/mol. The van der Waals surface area contributed by atoms with Crippen molar-refractivity contribution in [2.75, 3.05) is 10.0 Å². The lowest BCUT2D eigenvalue weighted by atomic mass is 10.1. The molecule has 0 saturated heterocycles. The largest absolute Gasteiger partial charge is 0.326 e. The van der Waals surface area contributed by atoms with Gasteiger partial charge in [0, 0.05) is 35.0 Å². The number of hydrogen-bond donors (Lipinski definition) is 2. The van der Waals surface area contributed by atoms with Crippen LogP contribution >= 0.6 is 11.3 Å². The monoisotopic (exact) mass is 347 g/mol. The molecule has 3 rings (SSSR count). The molecule has 0 aliphatic rings. The van der Waals surface area contributed by atoms with Gasteiger partial charge in [-0.3, -0.25) is 9.52 Å². The molecule has 1 amide bonds. The number of carbonyl (C=O) groups excluding carboxylic acids is 1. The number of carbonyl (C=O) groups is 1. The van der Waals surface area contributed by atoms with Crippen LogP contribution in [0, 0.1) is 0 Å². The minimum Gasteiger partial charge on any atom is -0.326 e. The third kappa shape index (κ3) is 3.17. The SMILES string of the molecule is CC(=O)Nc1ccc(S(=O)(=O)Nc2nccs2)c2ccccc12. The minimum atomic E-state index is -3.77. The van der Waals surface area contributed by atoms with Gasteiger partial charge in [-0.25, -0.2) is 13.4 Å². The molecule has 0 atom stereocenters. The van der Waals surface area contributed by atoms with Gasteiger partial charge < -0.3 is 5.32 Å². The normalized spacial score (nSPS) is 11.3. The van der Waals surface area contributed by atoms with Crippen LogP contribution in [0.1, 0.15) is 6.92 Å². The van der Waals surface area contributed by atoms with Crippen molar-refractivity contribution in [2.45, 2.75) is 11.8 Å². The highest BCUT2D eigenvalue weighted by Crippen LogP contribution is 2.30. The Labute approximate surface area is 137 Å². The van der Waals surface area contributed by atoms with E-state index in [0.717, 1.165) is 0 Å². The molecule has 0 radical (unpaired) electrons. The summed E-state index contributed by atoms with van der Waals surface area (Å²) in [7, 11) is -3.77. The Hall–Kier alpha value is -2.45. The van der Waals surface area contributed by atoms with E-state index >= 15 is 0 Å². The van der Waals surface area contributed by atoms with E-state index in [1.807, 2.05) is 0 Å². The van der Waals surface area contributed by atoms with Crippen molar-refractivity contribution in [3.8, 4) is 0 Å². The van der Waals surface area contributed by atoms with Gasteiger partial charge in [0.1, 0.15) is 0 Å². The lowest BCUT2D eigenvalue weighted by Crippen LogP contribution is -2.14. The predicted molar refractivity (Wildman–Crippen MR) is 91.2 cm³/mol. The number of amides is 1. The van der Waals surface area contributed by atoms with Crippen LogP contribution in [-0.4, -0.2) is 19.3 Å². The smallest absolute Gasteiger partial charge is 0.264 e. The van der Waals surface area contributed by atoms with Gasteiger partial charge >= 0.3 is 0 Å². The third-order valence-corrected chi connectivity index (χ3v) is 5.35. The van der Waals surface area contributed by atoms with E-state index in [4.69, 9.17) is 0 Å². The molecular formula is C15H13N3O3S2. The third-order valence-electron chi connectivity index (χ3n) is 3.14. The molecular weight excluding hydrogens is 334 g/mol. The molecule has 0 saturated carbocycles. The Kier molecular flexibility index (Phi) is 4.01. The van der Waals surface area contributed by atoms with Crippen LogP contribution in [0.5, 0.6) is 0 Å². The molecule has 118 valence electrons. The van der Waals surface area contributed by atoms with Crippen LogP contribution in [-0.2, 0) is 14.8 Å². The minimum absolute atomic E-state index is 0.136. The molecule has 0 spiro atoms. The number of nitrogens with zero attached hydrogens (tertiary/aromatic N) is 1. The summed E-state index contributed by atoms with van der Waals surface area (Å²) in [6.45, 7) is 1.41. The fourth-order valence-corrected chi connectivity index (χ4v) is 4.25. The molecule has 8 heteroatoms. The fourth-order valence-electron chi connectivity index (χ4n) is 2.25. The Balaban J connectivity index is 2.13. The van der Waals surface area contributed by atoms with Crippen molar-refractivity contribution in [3.05, 3.63) is 48.0 Å². The lowest BCUT2D eigenvalue weighted by Gasteiger charge is -2.12. The van der Waals surface area contributed by atoms with Gasteiger partial charge in [0.25, 0.3) is 10.0 Å². The average Bonchev–Trinajstić information content (AvgIpc) is 2.99. The van der Waals surface area contributed by atoms with Crippen LogP contribution in [0.15, 0.2) is 52.9 Å². The topological polar surface area (TPSA) is 88.2 Å². The van der Waals surface area contributed by atoms with Gasteiger partial charge in [0.2, 0.25) is 5.91 Å². The quantitative estimate of drug-likeness (QED) is 0.759. The summed E-state index contributed by atoms with van der Waals surface area (Å²) in [5.41, 5.74) is 0.571. The highest BCUT2D eigenvalue weighted by Gasteiger charge is 2.19. The summed E-state index contributed by atoms with van der Waals surface area (Å²) in [6.07, 6.45) is 1.53. The van der Waals surface area contributed by atoms with Crippen molar-refractivity contribution in [1.82, 2.24) is 4.98 Å². The van der Waals surface area contributed by atoms with E-state index in [1.54, 1.807) is 35.7 Å². The van der Waals surface area contributed by atoms with Crippen molar-refractivity contribution < 1.29 is 13.2 Å². The van der Waals surface area contributed by atoms with Crippen LogP contribution in [0.25, 0.3) is 10.8 Å². The zero-order valence-electron chi connectivity index (χ0n) is 12.1. The van der Waals surface area contributed by atoms with E-state index in [1.165, 1.54) is 30.5 Å². The molecule has 0 aliphatic heterocycles. The zero-order chi connectivity index (χ0) is 16.4. The number of thiazole rings is 1. The van der Waals surface area contributed by atoms with E-state index in [2.05, 4.69) is 15.0 Å². The second kappa shape index (κ2) is 5.98. The second-order valence-electron chi connectivity index (χ2n) is 4.78. The van der Waals surface area contributed by atoms with Crippen LogP contribution in [0.2, 0.25) is 0 Å². The zero-order valence-corrected chi connectivity index (χ0v) is 13.7. The molecule has 0 aliphatic carbocycles. The molecule has 3 aromatic rings. The van der Waals surface area contributed by atoms with Gasteiger partial charge in [-0.1, -0.05) is 24.3 Å². The van der Waals surface area contributed by atoms with Crippen LogP contribution in [0.3, 0.4) is 0 Å². The Morgan fingerprint density at radius 3 is 2.52 bits per heavy atom. The van der Waals surface area contributed by atoms with Crippen LogP contribution < -0.4 is 10.0 Å². The molecule has 6 nitrogen and oxygen atoms in total. The number of nitrogens with one attached hydrogen (secondary N) is 2. The maximum Gasteiger partial charge on any atom is 0.264 e. The van der Waals surface area contributed by atoms with Crippen molar-refractivity contribution in [1.29, 1.82) is 0 Å². The van der Waals surface area contributed by atoms with Crippen molar-refractivity contribution >= 4 is 48.9 Å². The Morgan fingerprint density at radius 2 is 1.87 bits per heavy atom. The maximum absolute atomic E-state index is 12.6. The molecule has 0 fully saturated rings. The standard InChI is InChI=1S/C15H13N3O3S2/c1-10(19)17-13-6-7-14(12-5-3-2-4-11(12)13)23(20,21)18-15-16-8-9-22-15/h2-9H,1H3,(H,16,18)(H,17,19). The van der Waals surface area contributed by atoms with Gasteiger partial charge in [-0.15, -0.1) is 11.3 Å². The maximum atomic E-state index is 12.6. The van der Waals surface area contributed by atoms with E-state index < -0.39 is 10.0 Å². The summed E-state index contributed by atoms with van der Waals surface area (Å²) in [4.78, 5) is 15.4. The van der Waals surface area contributed by atoms with E-state index in [0.29, 0.717) is 21.6 Å². The first-order valence-electron chi connectivity index (χ1n) is 6.69. The number of aromatic nitrogens is 1. The first-order valence-corrected chi connectivity index (χ1v) is 9.05. The fraction of sp³-hybridized carbons (Fsp3) is 0.0667. The van der Waals surface area contributed by atoms with Crippen LogP contribution in [0.4, 0.5) is 10.8 Å². The highest BCUT2D eigenvalue weighted by atomic mass is 32.2. The number of anilines is 2. The number of sulfonamides is 1. The molecule has 2 N–H and O–H groups in total. The summed E-state index contributed by atoms with van der Waals surface area (Å²) < 4.78 is 27.7. The van der Waals surface area contributed by atoms with Gasteiger partial charge in [-0.2, -0.15) is 0 Å². The summed E-state index contributed by atoms with van der Waals surface area (Å²) in [6, 6.07) is 10.1. The molecule has 0 bridgehead atoms. The van der Waals surface area contributed by atoms with Gasteiger partial charge in [0.05, 0.1) is 4.90 Å². The molecule has 2 aromatic carbocycles. The predicted octanol–water partition coefficient (Wildman–Crippen LogP) is 3.06. The summed E-state index contributed by atoms with van der Waals surface area (Å²) in [5.74, 6) is -0.216. The highest BCUT2D eigenvalue weighted by molar-refractivity contribution is 7.93. The van der Waals surface area contributed by atoms with Gasteiger partial charge in [0.15, 0.2) is 5.13 Å². The Morgan fingerprint density at radius 1 is 1.13 bits per heavy atom. The number of hydrogen-bond acceptors (Lipinski definition) is 5.